The molecule has 10 nitrogen and oxygen atoms in total. The van der Waals surface area contributed by atoms with Crippen molar-refractivity contribution in [2.24, 2.45) is 5.92 Å². The number of likely N-dealkylation sites (N-methyl/N-ethyl adjacent to an activating group) is 1. The molecule has 3 fully saturated rings. The van der Waals surface area contributed by atoms with Crippen molar-refractivity contribution in [1.29, 1.82) is 0 Å². The van der Waals surface area contributed by atoms with Crippen LogP contribution >= 0.6 is 0 Å². The van der Waals surface area contributed by atoms with E-state index in [2.05, 4.69) is 29.2 Å². The molecule has 2 aromatic carbocycles. The molecule has 3 aromatic rings. The summed E-state index contributed by atoms with van der Waals surface area (Å²) in [4.78, 5) is 30.8. The third kappa shape index (κ3) is 7.13. The number of phenolic OH excluding ortho intramolecular Hbond substituents is 1. The summed E-state index contributed by atoms with van der Waals surface area (Å²) in [5.74, 6) is 3.14. The lowest BCUT2D eigenvalue weighted by Gasteiger charge is -2.38. The maximum atomic E-state index is 15.0. The van der Waals surface area contributed by atoms with E-state index in [1.165, 1.54) is 12.1 Å². The Morgan fingerprint density at radius 2 is 2.06 bits per heavy atom. The van der Waals surface area contributed by atoms with E-state index in [1.54, 1.807) is 18.2 Å². The van der Waals surface area contributed by atoms with E-state index < -0.39 is 17.5 Å². The SMILES string of the molecule is C#Cc1c(F)ccc2cc(O)cc(N3CCc4c(nc(OC[C@]5(C)C[C@@H](F)CN5CC5CCOCC5)nc4N(C)C[C@@H]4CCCN4C(=O)C=C)C3)c12. The molecule has 0 saturated carbocycles. The van der Waals surface area contributed by atoms with Crippen molar-refractivity contribution < 1.29 is 28.2 Å². The Kier molecular flexibility index (Phi) is 10.3. The second kappa shape index (κ2) is 14.9. The number of benzene rings is 2. The first-order valence-corrected chi connectivity index (χ1v) is 18.4. The van der Waals surface area contributed by atoms with Gasteiger partial charge in [0.15, 0.2) is 0 Å². The van der Waals surface area contributed by atoms with E-state index in [0.717, 1.165) is 56.7 Å². The molecule has 0 aliphatic carbocycles. The Hall–Kier alpha value is -4.47. The number of hydrogen-bond donors (Lipinski definition) is 1. The highest BCUT2D eigenvalue weighted by molar-refractivity contribution is 6.00. The number of aromatic nitrogens is 2. The Morgan fingerprint density at radius 1 is 1.25 bits per heavy atom. The van der Waals surface area contributed by atoms with Crippen LogP contribution in [-0.4, -0.2) is 108 Å². The zero-order chi connectivity index (χ0) is 36.6. The molecule has 7 rings (SSSR count). The van der Waals surface area contributed by atoms with Crippen LogP contribution in [-0.2, 0) is 22.5 Å². The zero-order valence-corrected chi connectivity index (χ0v) is 30.1. The number of anilines is 2. The van der Waals surface area contributed by atoms with Crippen LogP contribution in [0.4, 0.5) is 20.3 Å². The Bertz CT molecular complexity index is 1880. The van der Waals surface area contributed by atoms with Crippen LogP contribution in [0, 0.1) is 24.1 Å². The van der Waals surface area contributed by atoms with E-state index in [0.29, 0.717) is 73.8 Å². The molecule has 1 amide bonds. The summed E-state index contributed by atoms with van der Waals surface area (Å²) in [6, 6.07) is 6.33. The molecule has 5 heterocycles. The smallest absolute Gasteiger partial charge is 0.318 e. The summed E-state index contributed by atoms with van der Waals surface area (Å²) < 4.78 is 42.0. The van der Waals surface area contributed by atoms with Gasteiger partial charge in [-0.2, -0.15) is 9.97 Å². The molecule has 0 radical (unpaired) electrons. The molecule has 0 spiro atoms. The van der Waals surface area contributed by atoms with E-state index >= 15 is 4.39 Å². The quantitative estimate of drug-likeness (QED) is 0.224. The first-order chi connectivity index (χ1) is 25.1. The Morgan fingerprint density at radius 3 is 2.83 bits per heavy atom. The molecular formula is C40H48F2N6O4. The van der Waals surface area contributed by atoms with Gasteiger partial charge in [0.2, 0.25) is 5.91 Å². The lowest BCUT2D eigenvalue weighted by molar-refractivity contribution is -0.126. The molecule has 12 heteroatoms. The van der Waals surface area contributed by atoms with Crippen LogP contribution in [0.25, 0.3) is 10.8 Å². The maximum absolute atomic E-state index is 15.0. The number of carbonyl (C=O) groups excluding carboxylic acids is 1. The van der Waals surface area contributed by atoms with Gasteiger partial charge in [0, 0.05) is 88.2 Å². The van der Waals surface area contributed by atoms with E-state index in [9.17, 15) is 14.3 Å². The van der Waals surface area contributed by atoms with Crippen molar-refractivity contribution >= 4 is 28.2 Å². The van der Waals surface area contributed by atoms with Gasteiger partial charge in [0.25, 0.3) is 0 Å². The fourth-order valence-electron chi connectivity index (χ4n) is 8.64. The number of aromatic hydroxyl groups is 1. The average molecular weight is 715 g/mol. The van der Waals surface area contributed by atoms with Crippen molar-refractivity contribution in [3.63, 3.8) is 0 Å². The fourth-order valence-corrected chi connectivity index (χ4v) is 8.64. The highest BCUT2D eigenvalue weighted by atomic mass is 19.1. The number of fused-ring (bicyclic) bond motifs is 2. The third-order valence-corrected chi connectivity index (χ3v) is 11.4. The van der Waals surface area contributed by atoms with Gasteiger partial charge in [-0.1, -0.05) is 18.6 Å². The summed E-state index contributed by atoms with van der Waals surface area (Å²) in [7, 11) is 1.97. The number of likely N-dealkylation sites (tertiary alicyclic amines) is 2. The lowest BCUT2D eigenvalue weighted by atomic mass is 9.95. The van der Waals surface area contributed by atoms with Crippen molar-refractivity contribution in [3.05, 3.63) is 59.6 Å². The number of alkyl halides is 1. The van der Waals surface area contributed by atoms with Crippen molar-refractivity contribution in [3.8, 4) is 24.1 Å². The number of carbonyl (C=O) groups is 1. The number of rotatable bonds is 10. The van der Waals surface area contributed by atoms with Crippen LogP contribution in [0.1, 0.15) is 55.8 Å². The minimum Gasteiger partial charge on any atom is -0.508 e. The van der Waals surface area contributed by atoms with E-state index in [1.807, 2.05) is 16.8 Å². The molecule has 52 heavy (non-hydrogen) atoms. The molecule has 0 bridgehead atoms. The minimum atomic E-state index is -0.948. The summed E-state index contributed by atoms with van der Waals surface area (Å²) in [6.45, 7) is 10.7. The molecular weight excluding hydrogens is 666 g/mol. The molecule has 276 valence electrons. The second-order valence-electron chi connectivity index (χ2n) is 15.0. The second-order valence-corrected chi connectivity index (χ2v) is 15.0. The molecule has 4 aliphatic rings. The van der Waals surface area contributed by atoms with Crippen LogP contribution in [0.3, 0.4) is 0 Å². The van der Waals surface area contributed by atoms with Gasteiger partial charge >= 0.3 is 6.01 Å². The number of terminal acetylenes is 1. The molecule has 3 atom stereocenters. The van der Waals surface area contributed by atoms with Crippen molar-refractivity contribution in [2.45, 2.75) is 69.7 Å². The van der Waals surface area contributed by atoms with Gasteiger partial charge in [0.1, 0.15) is 30.2 Å². The van der Waals surface area contributed by atoms with Crippen LogP contribution in [0.5, 0.6) is 11.8 Å². The highest BCUT2D eigenvalue weighted by Crippen LogP contribution is 2.39. The first-order valence-electron chi connectivity index (χ1n) is 18.4. The fraction of sp³-hybridized carbons (Fsp3) is 0.525. The number of amides is 1. The maximum Gasteiger partial charge on any atom is 0.318 e. The van der Waals surface area contributed by atoms with Gasteiger partial charge in [-0.05, 0) is 68.5 Å². The van der Waals surface area contributed by atoms with Crippen molar-refractivity contribution in [1.82, 2.24) is 19.8 Å². The van der Waals surface area contributed by atoms with Gasteiger partial charge in [-0.25, -0.2) is 8.78 Å². The Labute approximate surface area is 304 Å². The molecule has 3 saturated heterocycles. The van der Waals surface area contributed by atoms with E-state index in [-0.39, 0.29) is 35.9 Å². The molecule has 4 aliphatic heterocycles. The lowest BCUT2D eigenvalue weighted by Crippen LogP contribution is -2.48. The summed E-state index contributed by atoms with van der Waals surface area (Å²) in [5.41, 5.74) is 1.90. The number of ether oxygens (including phenoxy) is 2. The number of nitrogens with zero attached hydrogens (tertiary/aromatic N) is 6. The van der Waals surface area contributed by atoms with Crippen LogP contribution < -0.4 is 14.5 Å². The van der Waals surface area contributed by atoms with Gasteiger partial charge < -0.3 is 29.3 Å². The van der Waals surface area contributed by atoms with Gasteiger partial charge in [0.05, 0.1) is 23.3 Å². The number of halogens is 2. The highest BCUT2D eigenvalue weighted by Gasteiger charge is 2.44. The van der Waals surface area contributed by atoms with Crippen molar-refractivity contribution in [2.75, 3.05) is 69.4 Å². The van der Waals surface area contributed by atoms with Crippen LogP contribution in [0.15, 0.2) is 36.9 Å². The summed E-state index contributed by atoms with van der Waals surface area (Å²) in [5, 5.41) is 11.9. The minimum absolute atomic E-state index is 0.000977. The predicted octanol–water partition coefficient (Wildman–Crippen LogP) is 5.24. The largest absolute Gasteiger partial charge is 0.508 e. The zero-order valence-electron chi connectivity index (χ0n) is 30.1. The number of hydrogen-bond acceptors (Lipinski definition) is 9. The average Bonchev–Trinajstić information content (AvgIpc) is 3.72. The molecule has 1 N–H and O–H groups in total. The van der Waals surface area contributed by atoms with Gasteiger partial charge in [-0.15, -0.1) is 6.42 Å². The normalized spacial score (nSPS) is 23.8. The third-order valence-electron chi connectivity index (χ3n) is 11.4. The standard InChI is InChI=1S/C40H48F2N6O4/c1-5-31-33(42)10-9-27-18-30(49)19-35(37(27)31)46-15-11-32-34(24-46)43-39(44-38(32)45(4)23-29-8-7-14-48(29)36(50)6-2)52-25-40(3)20-28(41)22-47(40)21-26-12-16-51-17-13-26/h1,6,9-10,18-19,26,28-29,49H,2,7-8,11-17,20-25H2,3-4H3/t28-,29+,40+/m1/s1. The number of phenols is 1. The van der Waals surface area contributed by atoms with Gasteiger partial charge in [-0.3, -0.25) is 9.69 Å². The first kappa shape index (κ1) is 35.9. The molecule has 0 unspecified atom stereocenters. The van der Waals surface area contributed by atoms with E-state index in [4.69, 9.17) is 25.9 Å². The predicted molar refractivity (Wildman–Crippen MR) is 197 cm³/mol. The topological polar surface area (TPSA) is 94.5 Å². The Balaban J connectivity index is 1.21. The van der Waals surface area contributed by atoms with Crippen LogP contribution in [0.2, 0.25) is 0 Å². The summed E-state index contributed by atoms with van der Waals surface area (Å²) >= 11 is 0. The monoisotopic (exact) mass is 714 g/mol. The molecule has 1 aromatic heterocycles. The summed E-state index contributed by atoms with van der Waals surface area (Å²) in [6.07, 6.45) is 10.9.